The highest BCUT2D eigenvalue weighted by molar-refractivity contribution is 5.75. The number of rotatable bonds is 11. The molecule has 2 N–H and O–H groups in total. The summed E-state index contributed by atoms with van der Waals surface area (Å²) in [5.41, 5.74) is 0. The van der Waals surface area contributed by atoms with Crippen molar-refractivity contribution in [3.63, 3.8) is 0 Å². The first-order chi connectivity index (χ1) is 8.74. The van der Waals surface area contributed by atoms with Crippen LogP contribution in [0.25, 0.3) is 0 Å². The van der Waals surface area contributed by atoms with Gasteiger partial charge in [0.25, 0.3) is 0 Å². The lowest BCUT2D eigenvalue weighted by molar-refractivity contribution is -0.121. The quantitative estimate of drug-likeness (QED) is 0.558. The molecule has 1 atom stereocenters. The Labute approximate surface area is 111 Å². The summed E-state index contributed by atoms with van der Waals surface area (Å²) in [6, 6.07) is 0. The van der Waals surface area contributed by atoms with Gasteiger partial charge in [0.2, 0.25) is 5.91 Å². The maximum atomic E-state index is 11.5. The van der Waals surface area contributed by atoms with Gasteiger partial charge in [-0.2, -0.15) is 0 Å². The zero-order valence-electron chi connectivity index (χ0n) is 11.8. The highest BCUT2D eigenvalue weighted by Crippen LogP contribution is 2.32. The Balaban J connectivity index is 1.84. The molecule has 0 spiro atoms. The molecule has 106 valence electrons. The normalized spacial score (nSPS) is 16.6. The van der Waals surface area contributed by atoms with E-state index in [1.165, 1.54) is 32.1 Å². The number of hydrogen-bond donors (Lipinski definition) is 2. The second-order valence-corrected chi connectivity index (χ2v) is 5.58. The van der Waals surface area contributed by atoms with Gasteiger partial charge in [0.05, 0.1) is 6.10 Å². The molecule has 1 unspecified atom stereocenters. The van der Waals surface area contributed by atoms with E-state index >= 15 is 0 Å². The van der Waals surface area contributed by atoms with Gasteiger partial charge in [0.1, 0.15) is 0 Å². The van der Waals surface area contributed by atoms with Crippen molar-refractivity contribution >= 4 is 5.91 Å². The third-order valence-corrected chi connectivity index (χ3v) is 3.68. The average Bonchev–Trinajstić information content (AvgIpc) is 3.19. The van der Waals surface area contributed by atoms with Crippen LogP contribution in [0.2, 0.25) is 0 Å². The monoisotopic (exact) mass is 255 g/mol. The van der Waals surface area contributed by atoms with E-state index in [0.29, 0.717) is 18.9 Å². The van der Waals surface area contributed by atoms with Crippen LogP contribution in [0.5, 0.6) is 0 Å². The lowest BCUT2D eigenvalue weighted by Crippen LogP contribution is -2.32. The summed E-state index contributed by atoms with van der Waals surface area (Å²) in [7, 11) is 0. The van der Waals surface area contributed by atoms with E-state index in [1.807, 2.05) is 0 Å². The Morgan fingerprint density at radius 2 is 1.78 bits per heavy atom. The molecule has 18 heavy (non-hydrogen) atoms. The predicted octanol–water partition coefficient (Wildman–Crippen LogP) is 3.01. The number of carbonyl (C=O) groups is 1. The molecule has 0 bridgehead atoms. The molecule has 1 amide bonds. The number of nitrogens with one attached hydrogen (secondary N) is 1. The van der Waals surface area contributed by atoms with Crippen molar-refractivity contribution in [2.75, 3.05) is 6.54 Å². The minimum atomic E-state index is -0.317. The lowest BCUT2D eigenvalue weighted by atomic mass is 10.1. The molecule has 0 aliphatic heterocycles. The van der Waals surface area contributed by atoms with Gasteiger partial charge < -0.3 is 10.4 Å². The highest BCUT2D eigenvalue weighted by atomic mass is 16.3. The van der Waals surface area contributed by atoms with Crippen LogP contribution >= 0.6 is 0 Å². The van der Waals surface area contributed by atoms with Crippen molar-refractivity contribution in [3.05, 3.63) is 0 Å². The highest BCUT2D eigenvalue weighted by Gasteiger charge is 2.29. The molecule has 0 saturated heterocycles. The minimum absolute atomic E-state index is 0.100. The van der Waals surface area contributed by atoms with Crippen LogP contribution in [-0.4, -0.2) is 23.7 Å². The summed E-state index contributed by atoms with van der Waals surface area (Å²) in [6.07, 6.45) is 11.2. The molecule has 1 saturated carbocycles. The van der Waals surface area contributed by atoms with Gasteiger partial charge in [-0.15, -0.1) is 0 Å². The summed E-state index contributed by atoms with van der Waals surface area (Å²) in [6.45, 7) is 2.67. The van der Waals surface area contributed by atoms with Crippen molar-refractivity contribution in [2.45, 2.75) is 77.2 Å². The number of amides is 1. The molecule has 1 rings (SSSR count). The van der Waals surface area contributed by atoms with E-state index in [-0.39, 0.29) is 12.0 Å². The zero-order chi connectivity index (χ0) is 13.2. The largest absolute Gasteiger partial charge is 0.391 e. The van der Waals surface area contributed by atoms with Crippen LogP contribution in [0.15, 0.2) is 0 Å². The fourth-order valence-corrected chi connectivity index (χ4v) is 2.20. The fourth-order valence-electron chi connectivity index (χ4n) is 2.20. The average molecular weight is 255 g/mol. The van der Waals surface area contributed by atoms with E-state index in [2.05, 4.69) is 12.2 Å². The van der Waals surface area contributed by atoms with Gasteiger partial charge >= 0.3 is 0 Å². The fraction of sp³-hybridized carbons (Fsp3) is 0.933. The molecule has 3 heteroatoms. The van der Waals surface area contributed by atoms with Gasteiger partial charge in [-0.3, -0.25) is 4.79 Å². The van der Waals surface area contributed by atoms with Crippen LogP contribution < -0.4 is 5.32 Å². The number of hydrogen-bond acceptors (Lipinski definition) is 2. The second kappa shape index (κ2) is 9.37. The van der Waals surface area contributed by atoms with E-state index < -0.39 is 0 Å². The molecular formula is C15H29NO2. The Hall–Kier alpha value is -0.570. The number of aliphatic hydroxyl groups is 1. The van der Waals surface area contributed by atoms with Crippen molar-refractivity contribution < 1.29 is 9.90 Å². The molecule has 1 aliphatic carbocycles. The van der Waals surface area contributed by atoms with E-state index in [1.54, 1.807) is 0 Å². The summed E-state index contributed by atoms with van der Waals surface area (Å²) >= 11 is 0. The molecule has 1 fully saturated rings. The van der Waals surface area contributed by atoms with Gasteiger partial charge in [-0.25, -0.2) is 0 Å². The first-order valence-electron chi connectivity index (χ1n) is 7.68. The molecule has 3 nitrogen and oxygen atoms in total. The summed E-state index contributed by atoms with van der Waals surface area (Å²) in [5.74, 6) is 0.548. The van der Waals surface area contributed by atoms with Crippen LogP contribution in [0, 0.1) is 5.92 Å². The van der Waals surface area contributed by atoms with Crippen molar-refractivity contribution in [2.24, 2.45) is 5.92 Å². The van der Waals surface area contributed by atoms with Crippen molar-refractivity contribution in [1.29, 1.82) is 0 Å². The van der Waals surface area contributed by atoms with Crippen LogP contribution in [0.3, 0.4) is 0 Å². The molecule has 0 aromatic carbocycles. The number of aliphatic hydroxyl groups excluding tert-OH is 1. The maximum absolute atomic E-state index is 11.5. The molecule has 0 aromatic rings. The lowest BCUT2D eigenvalue weighted by Gasteiger charge is -2.10. The maximum Gasteiger partial charge on any atom is 0.220 e. The standard InChI is InChI=1S/C15H29NO2/c1-2-3-4-5-6-7-8-9-15(18)16-12-14(17)13-10-11-13/h13-14,17H,2-12H2,1H3,(H,16,18). The van der Waals surface area contributed by atoms with Crippen LogP contribution in [0.1, 0.15) is 71.1 Å². The van der Waals surface area contributed by atoms with Crippen LogP contribution in [0.4, 0.5) is 0 Å². The molecule has 1 aliphatic rings. The topological polar surface area (TPSA) is 49.3 Å². The third kappa shape index (κ3) is 7.70. The molecule has 0 radical (unpaired) electrons. The molecule has 0 heterocycles. The van der Waals surface area contributed by atoms with Crippen molar-refractivity contribution in [3.8, 4) is 0 Å². The van der Waals surface area contributed by atoms with E-state index in [0.717, 1.165) is 25.7 Å². The van der Waals surface area contributed by atoms with E-state index in [9.17, 15) is 9.90 Å². The summed E-state index contributed by atoms with van der Waals surface area (Å²) in [5, 5.41) is 12.4. The first kappa shape index (κ1) is 15.5. The van der Waals surface area contributed by atoms with Crippen LogP contribution in [-0.2, 0) is 4.79 Å². The Morgan fingerprint density at radius 3 is 2.39 bits per heavy atom. The summed E-state index contributed by atoms with van der Waals surface area (Å²) < 4.78 is 0. The number of unbranched alkanes of at least 4 members (excludes halogenated alkanes) is 6. The smallest absolute Gasteiger partial charge is 0.220 e. The third-order valence-electron chi connectivity index (χ3n) is 3.68. The Bertz CT molecular complexity index is 227. The first-order valence-corrected chi connectivity index (χ1v) is 7.68. The minimum Gasteiger partial charge on any atom is -0.391 e. The SMILES string of the molecule is CCCCCCCCCC(=O)NCC(O)C1CC1. The molecule has 0 aromatic heterocycles. The van der Waals surface area contributed by atoms with Gasteiger partial charge in [-0.05, 0) is 25.2 Å². The predicted molar refractivity (Wildman–Crippen MR) is 74.4 cm³/mol. The summed E-state index contributed by atoms with van der Waals surface area (Å²) in [4.78, 5) is 11.5. The number of carbonyl (C=O) groups excluding carboxylic acids is 1. The van der Waals surface area contributed by atoms with Gasteiger partial charge in [0, 0.05) is 13.0 Å². The van der Waals surface area contributed by atoms with Gasteiger partial charge in [-0.1, -0.05) is 45.4 Å². The van der Waals surface area contributed by atoms with Gasteiger partial charge in [0.15, 0.2) is 0 Å². The second-order valence-electron chi connectivity index (χ2n) is 5.58. The Kier molecular flexibility index (Phi) is 8.06. The van der Waals surface area contributed by atoms with E-state index in [4.69, 9.17) is 0 Å². The zero-order valence-corrected chi connectivity index (χ0v) is 11.8. The van der Waals surface area contributed by atoms with Crippen molar-refractivity contribution in [1.82, 2.24) is 5.32 Å². The molecular weight excluding hydrogens is 226 g/mol. The Morgan fingerprint density at radius 1 is 1.17 bits per heavy atom.